The number of carbonyl (C=O) groups excluding carboxylic acids is 1. The minimum atomic E-state index is -0.0131. The number of fused-ring (bicyclic) bond motifs is 2. The van der Waals surface area contributed by atoms with Crippen molar-refractivity contribution in [3.8, 4) is 5.88 Å². The predicted molar refractivity (Wildman–Crippen MR) is 117 cm³/mol. The van der Waals surface area contributed by atoms with Gasteiger partial charge in [0, 0.05) is 49.9 Å². The first-order chi connectivity index (χ1) is 15.2. The van der Waals surface area contributed by atoms with E-state index < -0.39 is 0 Å². The SMILES string of the molecule is COc1ncccc1CN1Cc2ccccc2C2(CCN(C(=O)c3ccco3)CC2)C1. The Morgan fingerprint density at radius 2 is 1.97 bits per heavy atom. The molecule has 0 N–H and O–H groups in total. The average molecular weight is 418 g/mol. The van der Waals surface area contributed by atoms with Crippen LogP contribution in [0.2, 0.25) is 0 Å². The molecular formula is C25H27N3O3. The van der Waals surface area contributed by atoms with Crippen LogP contribution < -0.4 is 4.74 Å². The zero-order valence-corrected chi connectivity index (χ0v) is 17.8. The van der Waals surface area contributed by atoms with Crippen molar-refractivity contribution in [3.63, 3.8) is 0 Å². The van der Waals surface area contributed by atoms with Crippen LogP contribution in [0.3, 0.4) is 0 Å². The molecule has 2 aliphatic heterocycles. The Hall–Kier alpha value is -3.12. The van der Waals surface area contributed by atoms with Gasteiger partial charge in [-0.1, -0.05) is 30.3 Å². The second-order valence-corrected chi connectivity index (χ2v) is 8.52. The van der Waals surface area contributed by atoms with Crippen LogP contribution in [0.1, 0.15) is 40.1 Å². The summed E-state index contributed by atoms with van der Waals surface area (Å²) in [6.07, 6.45) is 5.20. The van der Waals surface area contributed by atoms with Crippen LogP contribution in [-0.4, -0.2) is 47.4 Å². The van der Waals surface area contributed by atoms with Crippen LogP contribution >= 0.6 is 0 Å². The third kappa shape index (κ3) is 3.72. The molecule has 4 heterocycles. The maximum Gasteiger partial charge on any atom is 0.289 e. The molecule has 0 radical (unpaired) electrons. The molecule has 0 saturated carbocycles. The van der Waals surface area contributed by atoms with Crippen LogP contribution in [0.25, 0.3) is 0 Å². The summed E-state index contributed by atoms with van der Waals surface area (Å²) in [6.45, 7) is 4.13. The Kier molecular flexibility index (Phi) is 5.24. The lowest BCUT2D eigenvalue weighted by Crippen LogP contribution is -2.52. The highest BCUT2D eigenvalue weighted by molar-refractivity contribution is 5.91. The van der Waals surface area contributed by atoms with Gasteiger partial charge in [0.05, 0.1) is 13.4 Å². The van der Waals surface area contributed by atoms with Crippen LogP contribution in [0.5, 0.6) is 5.88 Å². The highest BCUT2D eigenvalue weighted by Gasteiger charge is 2.43. The van der Waals surface area contributed by atoms with Gasteiger partial charge in [0.1, 0.15) is 0 Å². The van der Waals surface area contributed by atoms with Crippen molar-refractivity contribution in [1.82, 2.24) is 14.8 Å². The fraction of sp³-hybridized carbons (Fsp3) is 0.360. The van der Waals surface area contributed by atoms with Gasteiger partial charge in [-0.2, -0.15) is 0 Å². The molecule has 6 nitrogen and oxygen atoms in total. The molecule has 1 amide bonds. The predicted octanol–water partition coefficient (Wildman–Crippen LogP) is 3.87. The van der Waals surface area contributed by atoms with Crippen molar-refractivity contribution in [3.05, 3.63) is 83.4 Å². The van der Waals surface area contributed by atoms with E-state index in [0.717, 1.165) is 51.1 Å². The van der Waals surface area contributed by atoms with E-state index >= 15 is 0 Å². The van der Waals surface area contributed by atoms with Gasteiger partial charge >= 0.3 is 0 Å². The number of methoxy groups -OCH3 is 1. The van der Waals surface area contributed by atoms with Gasteiger partial charge in [-0.25, -0.2) is 4.98 Å². The van der Waals surface area contributed by atoms with Gasteiger partial charge in [0.25, 0.3) is 5.91 Å². The molecule has 1 fully saturated rings. The van der Waals surface area contributed by atoms with Crippen molar-refractivity contribution in [2.75, 3.05) is 26.7 Å². The minimum absolute atomic E-state index is 0.0131. The van der Waals surface area contributed by atoms with E-state index in [4.69, 9.17) is 9.15 Å². The summed E-state index contributed by atoms with van der Waals surface area (Å²) in [5.41, 5.74) is 3.96. The summed E-state index contributed by atoms with van der Waals surface area (Å²) >= 11 is 0. The fourth-order valence-corrected chi connectivity index (χ4v) is 5.19. The number of ether oxygens (including phenoxy) is 1. The first kappa shape index (κ1) is 19.8. The summed E-state index contributed by atoms with van der Waals surface area (Å²) in [7, 11) is 1.67. The number of pyridine rings is 1. The lowest BCUT2D eigenvalue weighted by Gasteiger charge is -2.48. The van der Waals surface area contributed by atoms with Gasteiger partial charge in [0.15, 0.2) is 5.76 Å². The lowest BCUT2D eigenvalue weighted by molar-refractivity contribution is 0.0558. The van der Waals surface area contributed by atoms with E-state index in [-0.39, 0.29) is 11.3 Å². The summed E-state index contributed by atoms with van der Waals surface area (Å²) in [6, 6.07) is 16.3. The van der Waals surface area contributed by atoms with E-state index in [1.54, 1.807) is 31.7 Å². The topological polar surface area (TPSA) is 58.8 Å². The molecule has 0 bridgehead atoms. The van der Waals surface area contributed by atoms with E-state index in [1.165, 1.54) is 11.1 Å². The Labute approximate surface area is 182 Å². The van der Waals surface area contributed by atoms with Crippen molar-refractivity contribution >= 4 is 5.91 Å². The van der Waals surface area contributed by atoms with Gasteiger partial charge in [-0.3, -0.25) is 9.69 Å². The molecule has 6 heteroatoms. The highest BCUT2D eigenvalue weighted by Crippen LogP contribution is 2.42. The molecule has 1 spiro atoms. The first-order valence-corrected chi connectivity index (χ1v) is 10.8. The van der Waals surface area contributed by atoms with Crippen molar-refractivity contribution in [2.45, 2.75) is 31.3 Å². The lowest BCUT2D eigenvalue weighted by atomic mass is 9.68. The zero-order valence-electron chi connectivity index (χ0n) is 17.8. The van der Waals surface area contributed by atoms with Crippen molar-refractivity contribution in [1.29, 1.82) is 0 Å². The fourth-order valence-electron chi connectivity index (χ4n) is 5.19. The molecule has 160 valence electrons. The van der Waals surface area contributed by atoms with Gasteiger partial charge < -0.3 is 14.1 Å². The first-order valence-electron chi connectivity index (χ1n) is 10.8. The number of carbonyl (C=O) groups is 1. The molecule has 31 heavy (non-hydrogen) atoms. The van der Waals surface area contributed by atoms with Gasteiger partial charge in [0.2, 0.25) is 5.88 Å². The van der Waals surface area contributed by atoms with E-state index in [1.807, 2.05) is 11.0 Å². The average Bonchev–Trinajstić information content (AvgIpc) is 3.35. The number of piperidine rings is 1. The second kappa shape index (κ2) is 8.19. The number of rotatable bonds is 4. The molecule has 2 aromatic heterocycles. The minimum Gasteiger partial charge on any atom is -0.481 e. The van der Waals surface area contributed by atoms with E-state index in [9.17, 15) is 4.79 Å². The molecule has 3 aromatic rings. The molecule has 0 aliphatic carbocycles. The van der Waals surface area contributed by atoms with Gasteiger partial charge in [-0.05, 0) is 42.2 Å². The molecular weight excluding hydrogens is 390 g/mol. The van der Waals surface area contributed by atoms with Crippen LogP contribution in [0.4, 0.5) is 0 Å². The number of hydrogen-bond acceptors (Lipinski definition) is 5. The quantitative estimate of drug-likeness (QED) is 0.645. The standard InChI is InChI=1S/C25H27N3O3/c1-30-23-20(7-4-12-26-23)17-27-16-19-6-2-3-8-21(19)25(18-27)10-13-28(14-11-25)24(29)22-9-5-15-31-22/h2-9,12,15H,10-11,13-14,16-18H2,1H3. The van der Waals surface area contributed by atoms with E-state index in [2.05, 4.69) is 40.2 Å². The summed E-state index contributed by atoms with van der Waals surface area (Å²) in [4.78, 5) is 21.5. The molecule has 1 saturated heterocycles. The molecule has 0 atom stereocenters. The van der Waals surface area contributed by atoms with Crippen LogP contribution in [0.15, 0.2) is 65.4 Å². The van der Waals surface area contributed by atoms with Crippen LogP contribution in [-0.2, 0) is 18.5 Å². The van der Waals surface area contributed by atoms with Crippen LogP contribution in [0, 0.1) is 0 Å². The normalized spacial score (nSPS) is 18.0. The Balaban J connectivity index is 1.38. The molecule has 0 unspecified atom stereocenters. The number of aromatic nitrogens is 1. The van der Waals surface area contributed by atoms with Crippen molar-refractivity contribution in [2.24, 2.45) is 0 Å². The highest BCUT2D eigenvalue weighted by atomic mass is 16.5. The summed E-state index contributed by atoms with van der Waals surface area (Å²) in [5, 5.41) is 0. The Morgan fingerprint density at radius 1 is 1.13 bits per heavy atom. The number of furan rings is 1. The monoisotopic (exact) mass is 417 g/mol. The smallest absolute Gasteiger partial charge is 0.289 e. The Bertz CT molecular complexity index is 1060. The number of amides is 1. The summed E-state index contributed by atoms with van der Waals surface area (Å²) < 4.78 is 10.8. The molecule has 5 rings (SSSR count). The Morgan fingerprint density at radius 3 is 2.74 bits per heavy atom. The molecule has 1 aromatic carbocycles. The number of nitrogens with zero attached hydrogens (tertiary/aromatic N) is 3. The zero-order chi connectivity index (χ0) is 21.3. The number of likely N-dealkylation sites (tertiary alicyclic amines) is 1. The third-order valence-corrected chi connectivity index (χ3v) is 6.69. The maximum atomic E-state index is 12.8. The maximum absolute atomic E-state index is 12.8. The third-order valence-electron chi connectivity index (χ3n) is 6.69. The number of hydrogen-bond donors (Lipinski definition) is 0. The largest absolute Gasteiger partial charge is 0.481 e. The van der Waals surface area contributed by atoms with E-state index in [0.29, 0.717) is 11.6 Å². The second-order valence-electron chi connectivity index (χ2n) is 8.52. The van der Waals surface area contributed by atoms with Gasteiger partial charge in [-0.15, -0.1) is 0 Å². The summed E-state index contributed by atoms with van der Waals surface area (Å²) in [5.74, 6) is 1.10. The number of benzene rings is 1. The van der Waals surface area contributed by atoms with Crippen molar-refractivity contribution < 1.29 is 13.9 Å². The molecule has 2 aliphatic rings.